The molecule has 0 aromatic carbocycles. The van der Waals surface area contributed by atoms with Crippen molar-refractivity contribution in [1.29, 1.82) is 0 Å². The number of rotatable bonds is 13. The normalized spacial score (nSPS) is 15.7. The third-order valence-corrected chi connectivity index (χ3v) is 7.78. The van der Waals surface area contributed by atoms with Crippen LogP contribution in [0.5, 0.6) is 0 Å². The number of hydrogen-bond acceptors (Lipinski definition) is 4. The molecule has 0 saturated heterocycles. The molecule has 6 nitrogen and oxygen atoms in total. The van der Waals surface area contributed by atoms with Crippen LogP contribution in [0.25, 0.3) is 0 Å². The summed E-state index contributed by atoms with van der Waals surface area (Å²) in [7, 11) is -2.62. The lowest BCUT2D eigenvalue weighted by Gasteiger charge is -2.34. The maximum Gasteiger partial charge on any atom is 0.500 e. The zero-order chi connectivity index (χ0) is 19.3. The summed E-state index contributed by atoms with van der Waals surface area (Å²) in [5, 5.41) is 3.06. The van der Waals surface area contributed by atoms with E-state index in [0.717, 1.165) is 19.3 Å². The SMILES string of the molecule is C=CCN(C(=O)NCCC[Si](OCC)(OCC)OCC)C1CCCCC1. The highest BCUT2D eigenvalue weighted by Gasteiger charge is 2.39. The molecule has 1 fully saturated rings. The molecule has 0 spiro atoms. The van der Waals surface area contributed by atoms with Gasteiger partial charge in [0, 0.05) is 45.0 Å². The van der Waals surface area contributed by atoms with Gasteiger partial charge in [-0.2, -0.15) is 0 Å². The smallest absolute Gasteiger partial charge is 0.374 e. The summed E-state index contributed by atoms with van der Waals surface area (Å²) in [6, 6.07) is 1.06. The summed E-state index contributed by atoms with van der Waals surface area (Å²) in [5.41, 5.74) is 0. The van der Waals surface area contributed by atoms with Crippen molar-refractivity contribution >= 4 is 14.8 Å². The maximum absolute atomic E-state index is 12.6. The van der Waals surface area contributed by atoms with E-state index in [1.54, 1.807) is 0 Å². The van der Waals surface area contributed by atoms with Gasteiger partial charge in [0.2, 0.25) is 0 Å². The summed E-state index contributed by atoms with van der Waals surface area (Å²) in [6.45, 7) is 12.6. The molecule has 26 heavy (non-hydrogen) atoms. The Morgan fingerprint density at radius 1 is 1.12 bits per heavy atom. The standard InChI is InChI=1S/C19H38N2O4Si/c1-5-16-21(18-13-10-9-11-14-18)19(22)20-15-12-17-26(23-6-2,24-7-3)25-8-4/h5,18H,1,6-17H2,2-4H3,(H,20,22). The Morgan fingerprint density at radius 3 is 2.19 bits per heavy atom. The summed E-state index contributed by atoms with van der Waals surface area (Å²) < 4.78 is 17.6. The van der Waals surface area contributed by atoms with Crippen molar-refractivity contribution in [3.05, 3.63) is 12.7 Å². The van der Waals surface area contributed by atoms with Gasteiger partial charge in [-0.3, -0.25) is 0 Å². The van der Waals surface area contributed by atoms with Gasteiger partial charge in [-0.15, -0.1) is 6.58 Å². The maximum atomic E-state index is 12.6. The minimum absolute atomic E-state index is 0.00768. The van der Waals surface area contributed by atoms with Gasteiger partial charge >= 0.3 is 14.8 Å². The third-order valence-electron chi connectivity index (χ3n) is 4.63. The van der Waals surface area contributed by atoms with Gasteiger partial charge in [-0.1, -0.05) is 25.3 Å². The van der Waals surface area contributed by atoms with Crippen molar-refractivity contribution in [2.45, 2.75) is 71.4 Å². The Kier molecular flexibility index (Phi) is 11.8. The van der Waals surface area contributed by atoms with Crippen LogP contribution in [-0.4, -0.2) is 58.7 Å². The molecule has 0 atom stereocenters. The molecule has 7 heteroatoms. The predicted molar refractivity (Wildman–Crippen MR) is 107 cm³/mol. The van der Waals surface area contributed by atoms with Gasteiger partial charge in [-0.25, -0.2) is 4.79 Å². The summed E-state index contributed by atoms with van der Waals surface area (Å²) in [6.07, 6.45) is 8.47. The number of amides is 2. The van der Waals surface area contributed by atoms with Crippen LogP contribution in [0.4, 0.5) is 4.79 Å². The van der Waals surface area contributed by atoms with Crippen LogP contribution in [0, 0.1) is 0 Å². The molecule has 1 aliphatic rings. The Morgan fingerprint density at radius 2 is 1.69 bits per heavy atom. The van der Waals surface area contributed by atoms with Crippen LogP contribution in [0.15, 0.2) is 12.7 Å². The predicted octanol–water partition coefficient (Wildman–Crippen LogP) is 3.96. The minimum Gasteiger partial charge on any atom is -0.374 e. The largest absolute Gasteiger partial charge is 0.500 e. The van der Waals surface area contributed by atoms with E-state index in [9.17, 15) is 4.79 Å². The first-order chi connectivity index (χ1) is 12.6. The second-order valence-electron chi connectivity index (χ2n) is 6.55. The van der Waals surface area contributed by atoms with Crippen molar-refractivity contribution in [3.63, 3.8) is 0 Å². The molecule has 1 N–H and O–H groups in total. The van der Waals surface area contributed by atoms with Crippen molar-refractivity contribution < 1.29 is 18.1 Å². The third kappa shape index (κ3) is 7.78. The van der Waals surface area contributed by atoms with E-state index < -0.39 is 8.80 Å². The van der Waals surface area contributed by atoms with E-state index in [1.165, 1.54) is 19.3 Å². The van der Waals surface area contributed by atoms with Crippen molar-refractivity contribution in [2.24, 2.45) is 0 Å². The van der Waals surface area contributed by atoms with E-state index in [2.05, 4.69) is 11.9 Å². The highest BCUT2D eigenvalue weighted by Crippen LogP contribution is 2.23. The Hall–Kier alpha value is -0.893. The highest BCUT2D eigenvalue weighted by atomic mass is 28.4. The number of hydrogen-bond donors (Lipinski definition) is 1. The number of nitrogens with one attached hydrogen (secondary N) is 1. The molecule has 0 radical (unpaired) electrons. The first kappa shape index (κ1) is 23.1. The Bertz CT molecular complexity index is 386. The summed E-state index contributed by atoms with van der Waals surface area (Å²) in [4.78, 5) is 14.6. The molecular formula is C19H38N2O4Si. The number of nitrogens with zero attached hydrogens (tertiary/aromatic N) is 1. The molecule has 152 valence electrons. The second kappa shape index (κ2) is 13.3. The van der Waals surface area contributed by atoms with Crippen molar-refractivity contribution in [2.75, 3.05) is 32.9 Å². The fraction of sp³-hybridized carbons (Fsp3) is 0.842. The number of urea groups is 1. The first-order valence-electron chi connectivity index (χ1n) is 10.2. The molecule has 1 rings (SSSR count). The van der Waals surface area contributed by atoms with Gasteiger partial charge < -0.3 is 23.5 Å². The molecule has 0 aromatic rings. The number of carbonyl (C=O) groups excluding carboxylic acids is 1. The fourth-order valence-electron chi connectivity index (χ4n) is 3.53. The van der Waals surface area contributed by atoms with Gasteiger partial charge in [-0.05, 0) is 40.0 Å². The first-order valence-corrected chi connectivity index (χ1v) is 12.1. The van der Waals surface area contributed by atoms with Crippen LogP contribution < -0.4 is 5.32 Å². The van der Waals surface area contributed by atoms with Crippen LogP contribution >= 0.6 is 0 Å². The minimum atomic E-state index is -2.62. The van der Waals surface area contributed by atoms with Crippen LogP contribution in [0.2, 0.25) is 6.04 Å². The molecule has 2 amide bonds. The molecule has 1 aliphatic carbocycles. The zero-order valence-electron chi connectivity index (χ0n) is 16.9. The van der Waals surface area contributed by atoms with E-state index >= 15 is 0 Å². The highest BCUT2D eigenvalue weighted by molar-refractivity contribution is 6.60. The molecule has 1 saturated carbocycles. The molecular weight excluding hydrogens is 348 g/mol. The van der Waals surface area contributed by atoms with Gasteiger partial charge in [0.05, 0.1) is 0 Å². The number of carbonyl (C=O) groups is 1. The van der Waals surface area contributed by atoms with Crippen LogP contribution in [-0.2, 0) is 13.3 Å². The molecule has 0 bridgehead atoms. The van der Waals surface area contributed by atoms with Gasteiger partial charge in [0.25, 0.3) is 0 Å². The van der Waals surface area contributed by atoms with Crippen LogP contribution in [0.1, 0.15) is 59.3 Å². The monoisotopic (exact) mass is 386 g/mol. The second-order valence-corrected chi connectivity index (χ2v) is 9.28. The van der Waals surface area contributed by atoms with Gasteiger partial charge in [0.1, 0.15) is 0 Å². The summed E-state index contributed by atoms with van der Waals surface area (Å²) >= 11 is 0. The Labute approximate surface area is 160 Å². The van der Waals surface area contributed by atoms with Gasteiger partial charge in [0.15, 0.2) is 0 Å². The lowest BCUT2D eigenvalue weighted by Crippen LogP contribution is -2.48. The van der Waals surface area contributed by atoms with E-state index in [0.29, 0.717) is 45.0 Å². The molecule has 0 aromatic heterocycles. The average Bonchev–Trinajstić information content (AvgIpc) is 2.64. The topological polar surface area (TPSA) is 60.0 Å². The van der Waals surface area contributed by atoms with Crippen molar-refractivity contribution in [1.82, 2.24) is 10.2 Å². The fourth-order valence-corrected chi connectivity index (χ4v) is 6.14. The lowest BCUT2D eigenvalue weighted by molar-refractivity contribution is 0.0707. The van der Waals surface area contributed by atoms with E-state index in [1.807, 2.05) is 31.7 Å². The quantitative estimate of drug-likeness (QED) is 0.296. The van der Waals surface area contributed by atoms with E-state index in [-0.39, 0.29) is 6.03 Å². The van der Waals surface area contributed by atoms with E-state index in [4.69, 9.17) is 13.3 Å². The Balaban J connectivity index is 2.49. The zero-order valence-corrected chi connectivity index (χ0v) is 17.9. The molecule has 0 heterocycles. The molecule has 0 aliphatic heterocycles. The van der Waals surface area contributed by atoms with Crippen LogP contribution in [0.3, 0.4) is 0 Å². The molecule has 0 unspecified atom stereocenters. The van der Waals surface area contributed by atoms with Crippen molar-refractivity contribution in [3.8, 4) is 0 Å². The summed E-state index contributed by atoms with van der Waals surface area (Å²) in [5.74, 6) is 0. The average molecular weight is 387 g/mol. The lowest BCUT2D eigenvalue weighted by atomic mass is 9.94.